The maximum atomic E-state index is 11.5. The topological polar surface area (TPSA) is 75.4 Å². The number of hydrogen-bond acceptors (Lipinski definition) is 4. The van der Waals surface area contributed by atoms with Crippen LogP contribution in [-0.2, 0) is 4.79 Å². The van der Waals surface area contributed by atoms with Crippen LogP contribution in [0.1, 0.15) is 104 Å². The van der Waals surface area contributed by atoms with Gasteiger partial charge in [-0.25, -0.2) is 0 Å². The molecular weight excluding hydrogens is 312 g/mol. The van der Waals surface area contributed by atoms with Crippen molar-refractivity contribution in [3.8, 4) is 0 Å². The minimum Gasteiger partial charge on any atom is -0.401 e. The van der Waals surface area contributed by atoms with Crippen LogP contribution in [0.15, 0.2) is 11.9 Å². The van der Waals surface area contributed by atoms with Gasteiger partial charge in [0, 0.05) is 37.9 Å². The third kappa shape index (κ3) is 25.3. The summed E-state index contributed by atoms with van der Waals surface area (Å²) in [6, 6.07) is 0. The normalized spacial score (nSPS) is 11.0. The molecule has 0 saturated carbocycles. The van der Waals surface area contributed by atoms with Crippen LogP contribution in [0.2, 0.25) is 0 Å². The highest BCUT2D eigenvalue weighted by molar-refractivity contribution is 5.78. The van der Waals surface area contributed by atoms with Gasteiger partial charge in [0.2, 0.25) is 0 Å². The van der Waals surface area contributed by atoms with Crippen LogP contribution in [-0.4, -0.2) is 24.0 Å². The van der Waals surface area contributed by atoms with Crippen LogP contribution in [0, 0.1) is 0 Å². The molecular formula is C21H44N2O2. The average molecular weight is 357 g/mol. The first-order valence-corrected chi connectivity index (χ1v) is 10.4. The number of carbonyl (C=O) groups is 1. The monoisotopic (exact) mass is 356 g/mol. The van der Waals surface area contributed by atoms with Crippen molar-refractivity contribution in [1.82, 2.24) is 5.32 Å². The van der Waals surface area contributed by atoms with Crippen molar-refractivity contribution < 1.29 is 9.90 Å². The molecule has 150 valence electrons. The Hall–Kier alpha value is -1.03. The van der Waals surface area contributed by atoms with E-state index in [1.807, 2.05) is 13.1 Å². The highest BCUT2D eigenvalue weighted by atomic mass is 16.2. The van der Waals surface area contributed by atoms with Gasteiger partial charge in [-0.3, -0.25) is 4.79 Å². The fourth-order valence-electron chi connectivity index (χ4n) is 2.27. The van der Waals surface area contributed by atoms with E-state index >= 15 is 0 Å². The Labute approximate surface area is 156 Å². The highest BCUT2D eigenvalue weighted by Gasteiger charge is 2.00. The van der Waals surface area contributed by atoms with Gasteiger partial charge in [-0.1, -0.05) is 59.3 Å². The minimum absolute atomic E-state index is 0.361. The van der Waals surface area contributed by atoms with Gasteiger partial charge in [0.1, 0.15) is 5.78 Å². The predicted molar refractivity (Wildman–Crippen MR) is 109 cm³/mol. The molecule has 0 aliphatic carbocycles. The molecule has 0 fully saturated rings. The number of nitrogens with two attached hydrogens (primary N) is 1. The summed E-state index contributed by atoms with van der Waals surface area (Å²) in [4.78, 5) is 11.5. The Kier molecular flexibility index (Phi) is 24.1. The first-order valence-electron chi connectivity index (χ1n) is 10.4. The number of allylic oxidation sites excluding steroid dienone is 1. The van der Waals surface area contributed by atoms with E-state index in [9.17, 15) is 4.79 Å². The van der Waals surface area contributed by atoms with Crippen LogP contribution in [0.3, 0.4) is 0 Å². The zero-order chi connectivity index (χ0) is 19.2. The predicted octanol–water partition coefficient (Wildman–Crippen LogP) is 5.05. The van der Waals surface area contributed by atoms with Gasteiger partial charge in [-0.05, 0) is 32.1 Å². The SMILES string of the molecule is CCCCCC(=O)CCCCCN/C=C(\N)CC.CCCCCCO. The lowest BCUT2D eigenvalue weighted by Crippen LogP contribution is -2.11. The number of aliphatic hydroxyl groups is 1. The number of ketones is 1. The first kappa shape index (κ1) is 26.2. The Morgan fingerprint density at radius 1 is 0.880 bits per heavy atom. The molecule has 0 unspecified atom stereocenters. The fourth-order valence-corrected chi connectivity index (χ4v) is 2.27. The summed E-state index contributed by atoms with van der Waals surface area (Å²) < 4.78 is 0. The lowest BCUT2D eigenvalue weighted by Gasteiger charge is -2.03. The molecule has 0 heterocycles. The lowest BCUT2D eigenvalue weighted by atomic mass is 10.1. The Bertz CT molecular complexity index is 300. The second-order valence-electron chi connectivity index (χ2n) is 6.62. The third-order valence-corrected chi connectivity index (χ3v) is 4.04. The summed E-state index contributed by atoms with van der Waals surface area (Å²) in [5.41, 5.74) is 6.56. The molecule has 4 N–H and O–H groups in total. The van der Waals surface area contributed by atoms with Gasteiger partial charge in [0.15, 0.2) is 0 Å². The van der Waals surface area contributed by atoms with Crippen LogP contribution in [0.4, 0.5) is 0 Å². The van der Waals surface area contributed by atoms with Crippen molar-refractivity contribution in [1.29, 1.82) is 0 Å². The maximum absolute atomic E-state index is 11.5. The smallest absolute Gasteiger partial charge is 0.132 e. The molecule has 0 aromatic heterocycles. The molecule has 0 radical (unpaired) electrons. The van der Waals surface area contributed by atoms with Gasteiger partial charge in [-0.15, -0.1) is 0 Å². The summed E-state index contributed by atoms with van der Waals surface area (Å²) in [7, 11) is 0. The molecule has 0 spiro atoms. The summed E-state index contributed by atoms with van der Waals surface area (Å²) in [6.07, 6.45) is 15.7. The Morgan fingerprint density at radius 2 is 1.44 bits per heavy atom. The summed E-state index contributed by atoms with van der Waals surface area (Å²) >= 11 is 0. The van der Waals surface area contributed by atoms with E-state index in [1.165, 1.54) is 32.1 Å². The molecule has 0 atom stereocenters. The van der Waals surface area contributed by atoms with E-state index in [2.05, 4.69) is 19.2 Å². The van der Waals surface area contributed by atoms with Gasteiger partial charge in [0.25, 0.3) is 0 Å². The van der Waals surface area contributed by atoms with E-state index in [4.69, 9.17) is 10.8 Å². The quantitative estimate of drug-likeness (QED) is 0.338. The van der Waals surface area contributed by atoms with Crippen molar-refractivity contribution >= 4 is 5.78 Å². The summed E-state index contributed by atoms with van der Waals surface area (Å²) in [6.45, 7) is 7.68. The standard InChI is InChI=1S/C15H30N2O.C6H14O/c1-3-5-7-10-15(18)11-8-6-9-12-17-13-14(16)4-2;1-2-3-4-5-6-7/h13,17H,3-12,16H2,1-2H3;7H,2-6H2,1H3/b14-13-;. The van der Waals surface area contributed by atoms with Gasteiger partial charge in [-0.2, -0.15) is 0 Å². The van der Waals surface area contributed by atoms with E-state index in [0.29, 0.717) is 12.4 Å². The number of unbranched alkanes of at least 4 members (excludes halogenated alkanes) is 7. The van der Waals surface area contributed by atoms with Crippen molar-refractivity contribution in [2.24, 2.45) is 5.73 Å². The van der Waals surface area contributed by atoms with Gasteiger partial charge >= 0.3 is 0 Å². The molecule has 25 heavy (non-hydrogen) atoms. The van der Waals surface area contributed by atoms with Crippen LogP contribution < -0.4 is 11.1 Å². The second-order valence-corrected chi connectivity index (χ2v) is 6.62. The van der Waals surface area contributed by atoms with Crippen molar-refractivity contribution in [3.63, 3.8) is 0 Å². The van der Waals surface area contributed by atoms with Crippen LogP contribution >= 0.6 is 0 Å². The zero-order valence-electron chi connectivity index (χ0n) is 17.1. The molecule has 4 heteroatoms. The van der Waals surface area contributed by atoms with Gasteiger partial charge in [0.05, 0.1) is 0 Å². The average Bonchev–Trinajstić information content (AvgIpc) is 2.62. The number of Topliss-reactive ketones (excluding diaryl/α,β-unsaturated/α-hetero) is 1. The highest BCUT2D eigenvalue weighted by Crippen LogP contribution is 2.06. The maximum Gasteiger partial charge on any atom is 0.132 e. The third-order valence-electron chi connectivity index (χ3n) is 4.04. The van der Waals surface area contributed by atoms with Crippen LogP contribution in [0.25, 0.3) is 0 Å². The van der Waals surface area contributed by atoms with E-state index < -0.39 is 0 Å². The van der Waals surface area contributed by atoms with Crippen LogP contribution in [0.5, 0.6) is 0 Å². The number of nitrogens with one attached hydrogen (secondary N) is 1. The molecule has 4 nitrogen and oxygen atoms in total. The van der Waals surface area contributed by atoms with E-state index in [0.717, 1.165) is 63.6 Å². The summed E-state index contributed by atoms with van der Waals surface area (Å²) in [5.74, 6) is 0.437. The number of rotatable bonds is 16. The minimum atomic E-state index is 0.361. The molecule has 0 amide bonds. The van der Waals surface area contributed by atoms with Gasteiger partial charge < -0.3 is 16.2 Å². The molecule has 0 bridgehead atoms. The largest absolute Gasteiger partial charge is 0.401 e. The molecule has 0 saturated heterocycles. The molecule has 0 aliphatic rings. The van der Waals surface area contributed by atoms with E-state index in [1.54, 1.807) is 0 Å². The number of carbonyl (C=O) groups excluding carboxylic acids is 1. The fraction of sp³-hybridized carbons (Fsp3) is 0.857. The lowest BCUT2D eigenvalue weighted by molar-refractivity contribution is -0.119. The summed E-state index contributed by atoms with van der Waals surface area (Å²) in [5, 5.41) is 11.5. The molecule has 0 aromatic carbocycles. The Balaban J connectivity index is 0. The molecule has 0 rings (SSSR count). The zero-order valence-corrected chi connectivity index (χ0v) is 17.1. The number of hydrogen-bond donors (Lipinski definition) is 3. The molecule has 0 aliphatic heterocycles. The number of aliphatic hydroxyl groups excluding tert-OH is 1. The van der Waals surface area contributed by atoms with Crippen molar-refractivity contribution in [3.05, 3.63) is 11.9 Å². The first-order chi connectivity index (χ1) is 12.1. The molecule has 0 aromatic rings. The van der Waals surface area contributed by atoms with E-state index in [-0.39, 0.29) is 0 Å². The second kappa shape index (κ2) is 23.0. The Morgan fingerprint density at radius 3 is 2.00 bits per heavy atom. The van der Waals surface area contributed by atoms with Crippen molar-refractivity contribution in [2.45, 2.75) is 104 Å². The van der Waals surface area contributed by atoms with Crippen molar-refractivity contribution in [2.75, 3.05) is 13.2 Å².